The van der Waals surface area contributed by atoms with Gasteiger partial charge in [0.15, 0.2) is 0 Å². The molecule has 0 aliphatic rings. The Labute approximate surface area is 105 Å². The molecule has 0 radical (unpaired) electrons. The van der Waals surface area contributed by atoms with Crippen molar-refractivity contribution in [1.29, 1.82) is 0 Å². The molecule has 1 amide bonds. The summed E-state index contributed by atoms with van der Waals surface area (Å²) in [5.74, 6) is 1.73. The van der Waals surface area contributed by atoms with Crippen LogP contribution in [-0.4, -0.2) is 30.6 Å². The smallest absolute Gasteiger partial charge is 0.230 e. The molecule has 0 fully saturated rings. The molecule has 1 N–H and O–H groups in total. The minimum atomic E-state index is -0.290. The summed E-state index contributed by atoms with van der Waals surface area (Å²) in [7, 11) is 0. The molecule has 0 atom stereocenters. The second-order valence-electron chi connectivity index (χ2n) is 3.29. The van der Waals surface area contributed by atoms with Gasteiger partial charge in [-0.15, -0.1) is 0 Å². The SMILES string of the molecule is CCSCC(=O)NCCOc1ccc(F)cc1. The van der Waals surface area contributed by atoms with E-state index in [1.54, 1.807) is 23.9 Å². The third kappa shape index (κ3) is 6.16. The summed E-state index contributed by atoms with van der Waals surface area (Å²) in [5, 5.41) is 2.74. The summed E-state index contributed by atoms with van der Waals surface area (Å²) in [6.45, 7) is 2.85. The van der Waals surface area contributed by atoms with E-state index in [0.29, 0.717) is 24.7 Å². The van der Waals surface area contributed by atoms with Gasteiger partial charge in [0, 0.05) is 0 Å². The van der Waals surface area contributed by atoms with Crippen molar-refractivity contribution in [2.45, 2.75) is 6.92 Å². The summed E-state index contributed by atoms with van der Waals surface area (Å²) in [5.41, 5.74) is 0. The van der Waals surface area contributed by atoms with Gasteiger partial charge in [-0.2, -0.15) is 11.8 Å². The van der Waals surface area contributed by atoms with Crippen LogP contribution >= 0.6 is 11.8 Å². The van der Waals surface area contributed by atoms with Crippen LogP contribution in [0.25, 0.3) is 0 Å². The largest absolute Gasteiger partial charge is 0.492 e. The number of hydrogen-bond donors (Lipinski definition) is 1. The summed E-state index contributed by atoms with van der Waals surface area (Å²) in [6.07, 6.45) is 0. The normalized spacial score (nSPS) is 10.0. The van der Waals surface area contributed by atoms with Gasteiger partial charge < -0.3 is 10.1 Å². The van der Waals surface area contributed by atoms with Gasteiger partial charge in [-0.25, -0.2) is 4.39 Å². The molecule has 0 aromatic heterocycles. The Hall–Kier alpha value is -1.23. The number of halogens is 1. The van der Waals surface area contributed by atoms with Gasteiger partial charge in [0.1, 0.15) is 18.2 Å². The number of nitrogens with one attached hydrogen (secondary N) is 1. The molecule has 0 saturated carbocycles. The number of carbonyl (C=O) groups excluding carboxylic acids is 1. The van der Waals surface area contributed by atoms with Gasteiger partial charge in [-0.1, -0.05) is 6.92 Å². The van der Waals surface area contributed by atoms with E-state index in [2.05, 4.69) is 5.32 Å². The number of hydrogen-bond acceptors (Lipinski definition) is 3. The maximum absolute atomic E-state index is 12.6. The fraction of sp³-hybridized carbons (Fsp3) is 0.417. The van der Waals surface area contributed by atoms with Crippen LogP contribution in [0.4, 0.5) is 4.39 Å². The zero-order valence-corrected chi connectivity index (χ0v) is 10.6. The van der Waals surface area contributed by atoms with Crippen molar-refractivity contribution in [3.8, 4) is 5.75 Å². The van der Waals surface area contributed by atoms with Crippen LogP contribution in [0.3, 0.4) is 0 Å². The number of thioether (sulfide) groups is 1. The lowest BCUT2D eigenvalue weighted by molar-refractivity contribution is -0.118. The third-order valence-electron chi connectivity index (χ3n) is 1.94. The Morgan fingerprint density at radius 2 is 2.12 bits per heavy atom. The van der Waals surface area contributed by atoms with Crippen molar-refractivity contribution in [3.63, 3.8) is 0 Å². The average Bonchev–Trinajstić information content (AvgIpc) is 2.34. The zero-order chi connectivity index (χ0) is 12.5. The summed E-state index contributed by atoms with van der Waals surface area (Å²) in [6, 6.07) is 5.80. The average molecular weight is 257 g/mol. The van der Waals surface area contributed by atoms with Crippen molar-refractivity contribution in [3.05, 3.63) is 30.1 Å². The zero-order valence-electron chi connectivity index (χ0n) is 9.74. The second-order valence-corrected chi connectivity index (χ2v) is 4.56. The van der Waals surface area contributed by atoms with Gasteiger partial charge in [0.25, 0.3) is 0 Å². The van der Waals surface area contributed by atoms with Gasteiger partial charge >= 0.3 is 0 Å². The van der Waals surface area contributed by atoms with Crippen molar-refractivity contribution < 1.29 is 13.9 Å². The molecule has 5 heteroatoms. The van der Waals surface area contributed by atoms with E-state index < -0.39 is 0 Å². The predicted molar refractivity (Wildman–Crippen MR) is 67.9 cm³/mol. The standard InChI is InChI=1S/C12H16FNO2S/c1-2-17-9-12(15)14-7-8-16-11-5-3-10(13)4-6-11/h3-6H,2,7-9H2,1H3,(H,14,15). The van der Waals surface area contributed by atoms with Crippen molar-refractivity contribution in [1.82, 2.24) is 5.32 Å². The first-order valence-corrected chi connectivity index (χ1v) is 6.60. The van der Waals surface area contributed by atoms with Crippen LogP contribution in [-0.2, 0) is 4.79 Å². The van der Waals surface area contributed by atoms with Crippen molar-refractivity contribution >= 4 is 17.7 Å². The highest BCUT2D eigenvalue weighted by molar-refractivity contribution is 7.99. The second kappa shape index (κ2) is 7.95. The lowest BCUT2D eigenvalue weighted by atomic mass is 10.3. The van der Waals surface area contributed by atoms with E-state index in [-0.39, 0.29) is 11.7 Å². The van der Waals surface area contributed by atoms with Crippen LogP contribution in [0, 0.1) is 5.82 Å². The van der Waals surface area contributed by atoms with Crippen LogP contribution in [0.15, 0.2) is 24.3 Å². The maximum Gasteiger partial charge on any atom is 0.230 e. The Morgan fingerprint density at radius 3 is 2.76 bits per heavy atom. The van der Waals surface area contributed by atoms with Gasteiger partial charge in [-0.3, -0.25) is 4.79 Å². The minimum Gasteiger partial charge on any atom is -0.492 e. The van der Waals surface area contributed by atoms with Crippen LogP contribution in [0.2, 0.25) is 0 Å². The molecule has 1 aromatic carbocycles. The highest BCUT2D eigenvalue weighted by Gasteiger charge is 1.99. The molecular weight excluding hydrogens is 241 g/mol. The number of ether oxygens (including phenoxy) is 1. The first kappa shape index (κ1) is 13.8. The van der Waals surface area contributed by atoms with Crippen molar-refractivity contribution in [2.75, 3.05) is 24.7 Å². The van der Waals surface area contributed by atoms with E-state index in [9.17, 15) is 9.18 Å². The Balaban J connectivity index is 2.11. The molecule has 17 heavy (non-hydrogen) atoms. The van der Waals surface area contributed by atoms with Crippen LogP contribution < -0.4 is 10.1 Å². The highest BCUT2D eigenvalue weighted by atomic mass is 32.2. The minimum absolute atomic E-state index is 0.0135. The molecule has 94 valence electrons. The fourth-order valence-corrected chi connectivity index (χ4v) is 1.63. The van der Waals surface area contributed by atoms with E-state index >= 15 is 0 Å². The van der Waals surface area contributed by atoms with Crippen LogP contribution in [0.5, 0.6) is 5.75 Å². The monoisotopic (exact) mass is 257 g/mol. The maximum atomic E-state index is 12.6. The fourth-order valence-electron chi connectivity index (χ4n) is 1.14. The number of amides is 1. The molecule has 0 bridgehead atoms. The van der Waals surface area contributed by atoms with Crippen molar-refractivity contribution in [2.24, 2.45) is 0 Å². The summed E-state index contributed by atoms with van der Waals surface area (Å²) >= 11 is 1.58. The van der Waals surface area contributed by atoms with Crippen LogP contribution in [0.1, 0.15) is 6.92 Å². The third-order valence-corrected chi connectivity index (χ3v) is 2.82. The van der Waals surface area contributed by atoms with E-state index in [4.69, 9.17) is 4.74 Å². The molecule has 0 aliphatic heterocycles. The molecule has 0 unspecified atom stereocenters. The highest BCUT2D eigenvalue weighted by Crippen LogP contribution is 2.10. The lowest BCUT2D eigenvalue weighted by Gasteiger charge is -2.07. The Morgan fingerprint density at radius 1 is 1.41 bits per heavy atom. The predicted octanol–water partition coefficient (Wildman–Crippen LogP) is 2.07. The van der Waals surface area contributed by atoms with Gasteiger partial charge in [-0.05, 0) is 30.0 Å². The molecule has 0 aliphatic carbocycles. The number of benzene rings is 1. The first-order chi connectivity index (χ1) is 8.22. The molecule has 0 spiro atoms. The van der Waals surface area contributed by atoms with Gasteiger partial charge in [0.2, 0.25) is 5.91 Å². The Bertz CT molecular complexity index is 343. The summed E-state index contributed by atoms with van der Waals surface area (Å²) in [4.78, 5) is 11.2. The number of carbonyl (C=O) groups is 1. The topological polar surface area (TPSA) is 38.3 Å². The number of rotatable bonds is 7. The lowest BCUT2D eigenvalue weighted by Crippen LogP contribution is -2.29. The molecule has 0 saturated heterocycles. The molecular formula is C12H16FNO2S. The summed E-state index contributed by atoms with van der Waals surface area (Å²) < 4.78 is 17.9. The molecule has 0 heterocycles. The first-order valence-electron chi connectivity index (χ1n) is 5.45. The van der Waals surface area contributed by atoms with E-state index in [1.165, 1.54) is 12.1 Å². The van der Waals surface area contributed by atoms with Gasteiger partial charge in [0.05, 0.1) is 12.3 Å². The molecule has 3 nitrogen and oxygen atoms in total. The molecule has 1 rings (SSSR count). The van der Waals surface area contributed by atoms with E-state index in [0.717, 1.165) is 5.75 Å². The van der Waals surface area contributed by atoms with E-state index in [1.807, 2.05) is 6.92 Å². The Kier molecular flexibility index (Phi) is 6.47. The quantitative estimate of drug-likeness (QED) is 0.760. The molecule has 1 aromatic rings.